The van der Waals surface area contributed by atoms with Gasteiger partial charge in [-0.25, -0.2) is 9.59 Å². The first-order valence-electron chi connectivity index (χ1n) is 8.41. The number of ether oxygens (including phenoxy) is 2. The Morgan fingerprint density at radius 2 is 1.96 bits per heavy atom. The van der Waals surface area contributed by atoms with Crippen molar-refractivity contribution in [3.8, 4) is 0 Å². The molecule has 0 atom stereocenters. The Hall–Kier alpha value is -3.13. The van der Waals surface area contributed by atoms with Crippen LogP contribution in [0.5, 0.6) is 0 Å². The normalized spacial score (nSPS) is 11.5. The van der Waals surface area contributed by atoms with E-state index in [4.69, 9.17) is 9.47 Å². The average Bonchev–Trinajstić information content (AvgIpc) is 2.71. The maximum absolute atomic E-state index is 12.3. The smallest absolute Gasteiger partial charge is 0.355 e. The minimum atomic E-state index is -0.608. The number of aromatic nitrogens is 1. The van der Waals surface area contributed by atoms with Crippen LogP contribution in [0, 0.1) is 0 Å². The molecule has 2 rings (SSSR count). The lowest BCUT2D eigenvalue weighted by atomic mass is 10.2. The largest absolute Gasteiger partial charge is 0.464 e. The van der Waals surface area contributed by atoms with Crippen LogP contribution in [0.25, 0.3) is 5.57 Å². The van der Waals surface area contributed by atoms with E-state index in [2.05, 4.69) is 31.5 Å². The number of nitrogens with one attached hydrogen (secondary N) is 2. The van der Waals surface area contributed by atoms with Crippen LogP contribution in [-0.2, 0) is 19.1 Å². The third-order valence-corrected chi connectivity index (χ3v) is 3.91. The van der Waals surface area contributed by atoms with Gasteiger partial charge in [0.25, 0.3) is 0 Å². The second-order valence-electron chi connectivity index (χ2n) is 5.34. The minimum Gasteiger partial charge on any atom is -0.464 e. The van der Waals surface area contributed by atoms with Gasteiger partial charge in [0.15, 0.2) is 0 Å². The Kier molecular flexibility index (Phi) is 8.23. The predicted octanol–water partition coefficient (Wildman–Crippen LogP) is 3.46. The van der Waals surface area contributed by atoms with Crippen molar-refractivity contribution in [2.24, 2.45) is 0 Å². The number of carbonyl (C=O) groups is 2. The molecule has 0 bridgehead atoms. The van der Waals surface area contributed by atoms with E-state index in [1.807, 2.05) is 24.3 Å². The first-order valence-corrected chi connectivity index (χ1v) is 9.20. The number of pyridine rings is 1. The molecule has 1 aromatic heterocycles. The van der Waals surface area contributed by atoms with Crippen LogP contribution in [-0.4, -0.2) is 30.6 Å². The summed E-state index contributed by atoms with van der Waals surface area (Å²) in [6.45, 7) is 1.93. The Bertz CT molecular complexity index is 882. The first-order chi connectivity index (χ1) is 13.5. The van der Waals surface area contributed by atoms with E-state index >= 15 is 0 Å². The fraction of sp³-hybridized carbons (Fsp3) is 0.150. The summed E-state index contributed by atoms with van der Waals surface area (Å²) in [4.78, 5) is 28.5. The van der Waals surface area contributed by atoms with Crippen molar-refractivity contribution < 1.29 is 19.1 Å². The summed E-state index contributed by atoms with van der Waals surface area (Å²) < 4.78 is 10.8. The quantitative estimate of drug-likeness (QED) is 0.474. The van der Waals surface area contributed by atoms with Crippen molar-refractivity contribution in [2.45, 2.75) is 6.92 Å². The van der Waals surface area contributed by atoms with Gasteiger partial charge in [-0.1, -0.05) is 28.1 Å². The van der Waals surface area contributed by atoms with Crippen molar-refractivity contribution >= 4 is 39.1 Å². The number of halogens is 1. The molecule has 0 saturated carbocycles. The lowest BCUT2D eigenvalue weighted by molar-refractivity contribution is -0.137. The third-order valence-electron chi connectivity index (χ3n) is 3.42. The minimum absolute atomic E-state index is 0.0974. The standard InChI is InChI=1S/C20H20BrN3O4/c1-3-28-19(25)16(17-9-4-5-10-22-17)12-24-18(20(26)27-2)13-23-15-8-6-7-14(21)11-15/h4-13,23-24H,3H2,1-2H3/b16-12+,18-13-. The molecule has 0 spiro atoms. The molecule has 2 aromatic rings. The van der Waals surface area contributed by atoms with Crippen LogP contribution in [0.4, 0.5) is 5.69 Å². The number of carbonyl (C=O) groups excluding carboxylic acids is 2. The number of benzene rings is 1. The first kappa shape index (κ1) is 21.2. The highest BCUT2D eigenvalue weighted by Crippen LogP contribution is 2.16. The topological polar surface area (TPSA) is 89.6 Å². The van der Waals surface area contributed by atoms with Crippen LogP contribution in [0.2, 0.25) is 0 Å². The molecule has 7 nitrogen and oxygen atoms in total. The Labute approximate surface area is 171 Å². The molecule has 0 radical (unpaired) electrons. The number of hydrogen-bond donors (Lipinski definition) is 2. The molecule has 0 unspecified atom stereocenters. The molecule has 0 saturated heterocycles. The Balaban J connectivity index is 2.28. The highest BCUT2D eigenvalue weighted by Gasteiger charge is 2.16. The van der Waals surface area contributed by atoms with E-state index in [-0.39, 0.29) is 17.9 Å². The predicted molar refractivity (Wildman–Crippen MR) is 110 cm³/mol. The van der Waals surface area contributed by atoms with Gasteiger partial charge in [-0.2, -0.15) is 0 Å². The summed E-state index contributed by atoms with van der Waals surface area (Å²) in [5.41, 5.74) is 1.45. The van der Waals surface area contributed by atoms with E-state index in [1.165, 1.54) is 19.5 Å². The molecule has 8 heteroatoms. The molecule has 0 amide bonds. The van der Waals surface area contributed by atoms with E-state index in [9.17, 15) is 9.59 Å². The molecule has 0 aliphatic carbocycles. The molecule has 0 aliphatic rings. The van der Waals surface area contributed by atoms with E-state index < -0.39 is 11.9 Å². The number of anilines is 1. The fourth-order valence-electron chi connectivity index (χ4n) is 2.12. The molecular weight excluding hydrogens is 426 g/mol. The summed E-state index contributed by atoms with van der Waals surface area (Å²) in [7, 11) is 1.27. The van der Waals surface area contributed by atoms with Crippen LogP contribution in [0.1, 0.15) is 12.6 Å². The lowest BCUT2D eigenvalue weighted by Gasteiger charge is -2.10. The summed E-state index contributed by atoms with van der Waals surface area (Å²) in [5, 5.41) is 5.80. The van der Waals surface area contributed by atoms with Gasteiger partial charge in [0.1, 0.15) is 11.3 Å². The van der Waals surface area contributed by atoms with E-state index in [0.717, 1.165) is 10.2 Å². The number of rotatable bonds is 8. The van der Waals surface area contributed by atoms with Gasteiger partial charge in [0.05, 0.1) is 19.4 Å². The van der Waals surface area contributed by atoms with E-state index in [0.29, 0.717) is 5.69 Å². The summed E-state index contributed by atoms with van der Waals surface area (Å²) in [6, 6.07) is 12.6. The van der Waals surface area contributed by atoms with Gasteiger partial charge < -0.3 is 20.1 Å². The summed E-state index contributed by atoms with van der Waals surface area (Å²) in [6.07, 6.45) is 4.38. The molecule has 2 N–H and O–H groups in total. The molecule has 146 valence electrons. The second kappa shape index (κ2) is 10.9. The fourth-order valence-corrected chi connectivity index (χ4v) is 2.52. The van der Waals surface area contributed by atoms with Crippen molar-refractivity contribution in [1.82, 2.24) is 10.3 Å². The number of methoxy groups -OCH3 is 1. The molecule has 0 fully saturated rings. The van der Waals surface area contributed by atoms with Gasteiger partial charge in [-0.15, -0.1) is 0 Å². The highest BCUT2D eigenvalue weighted by atomic mass is 79.9. The van der Waals surface area contributed by atoms with Crippen molar-refractivity contribution in [1.29, 1.82) is 0 Å². The number of hydrogen-bond acceptors (Lipinski definition) is 7. The molecular formula is C20H20BrN3O4. The van der Waals surface area contributed by atoms with E-state index in [1.54, 1.807) is 31.3 Å². The Morgan fingerprint density at radius 1 is 1.14 bits per heavy atom. The van der Waals surface area contributed by atoms with Crippen LogP contribution < -0.4 is 10.6 Å². The van der Waals surface area contributed by atoms with Gasteiger partial charge in [0.2, 0.25) is 0 Å². The van der Waals surface area contributed by atoms with Crippen LogP contribution >= 0.6 is 15.9 Å². The maximum Gasteiger partial charge on any atom is 0.355 e. The highest BCUT2D eigenvalue weighted by molar-refractivity contribution is 9.10. The van der Waals surface area contributed by atoms with Crippen LogP contribution in [0.3, 0.4) is 0 Å². The van der Waals surface area contributed by atoms with Gasteiger partial charge in [0, 0.05) is 28.8 Å². The molecule has 28 heavy (non-hydrogen) atoms. The number of esters is 2. The monoisotopic (exact) mass is 445 g/mol. The zero-order chi connectivity index (χ0) is 20.4. The zero-order valence-corrected chi connectivity index (χ0v) is 17.0. The van der Waals surface area contributed by atoms with Gasteiger partial charge in [-0.05, 0) is 37.3 Å². The summed E-state index contributed by atoms with van der Waals surface area (Å²) >= 11 is 3.38. The zero-order valence-electron chi connectivity index (χ0n) is 15.4. The van der Waals surface area contributed by atoms with Gasteiger partial charge >= 0.3 is 11.9 Å². The third kappa shape index (κ3) is 6.24. The van der Waals surface area contributed by atoms with Crippen molar-refractivity contribution in [3.05, 3.63) is 76.9 Å². The van der Waals surface area contributed by atoms with Crippen molar-refractivity contribution in [3.63, 3.8) is 0 Å². The average molecular weight is 446 g/mol. The Morgan fingerprint density at radius 3 is 2.61 bits per heavy atom. The molecule has 1 heterocycles. The SMILES string of the molecule is CCOC(=O)/C(=C/N/C(=C\Nc1cccc(Br)c1)C(=O)OC)c1ccccn1. The second-order valence-corrected chi connectivity index (χ2v) is 6.26. The maximum atomic E-state index is 12.3. The summed E-state index contributed by atoms with van der Waals surface area (Å²) in [5.74, 6) is -1.17. The lowest BCUT2D eigenvalue weighted by Crippen LogP contribution is -2.20. The number of nitrogens with zero attached hydrogens (tertiary/aromatic N) is 1. The van der Waals surface area contributed by atoms with Gasteiger partial charge in [-0.3, -0.25) is 4.98 Å². The van der Waals surface area contributed by atoms with Crippen LogP contribution in [0.15, 0.2) is 71.2 Å². The molecule has 1 aromatic carbocycles. The molecule has 0 aliphatic heterocycles. The van der Waals surface area contributed by atoms with Crippen molar-refractivity contribution in [2.75, 3.05) is 19.0 Å².